The number of rotatable bonds is 4. The molecule has 0 fully saturated rings. The second-order valence-electron chi connectivity index (χ2n) is 5.69. The fourth-order valence-electron chi connectivity index (χ4n) is 2.83. The van der Waals surface area contributed by atoms with Gasteiger partial charge in [-0.15, -0.1) is 0 Å². The maximum Gasteiger partial charge on any atom is 0.333 e. The topological polar surface area (TPSA) is 90.1 Å². The molecule has 0 saturated carbocycles. The number of urea groups is 1. The molecule has 7 nitrogen and oxygen atoms in total. The summed E-state index contributed by atoms with van der Waals surface area (Å²) in [6, 6.07) is 4.99. The summed E-state index contributed by atoms with van der Waals surface area (Å²) in [6.45, 7) is 2.05. The number of hydrogen-bond acceptors (Lipinski definition) is 4. The standard InChI is InChI=1S/C16H19N5O2/c1-4-6-11-13-14(19-18-11)9-7-5-8-10(12(9)15(13)22)17-16(23)20-21(2)3/h5,7-8H,4,6H2,1-3H3,(H,18,19)(H2,17,20,23). The van der Waals surface area contributed by atoms with Crippen molar-refractivity contribution in [1.82, 2.24) is 20.6 Å². The van der Waals surface area contributed by atoms with Gasteiger partial charge in [0.15, 0.2) is 5.78 Å². The zero-order valence-corrected chi connectivity index (χ0v) is 13.4. The van der Waals surface area contributed by atoms with E-state index in [0.29, 0.717) is 22.5 Å². The van der Waals surface area contributed by atoms with Crippen LogP contribution in [0.25, 0.3) is 11.3 Å². The molecular weight excluding hydrogens is 294 g/mol. The molecule has 1 aliphatic rings. The molecule has 23 heavy (non-hydrogen) atoms. The molecule has 0 bridgehead atoms. The second-order valence-corrected chi connectivity index (χ2v) is 5.69. The van der Waals surface area contributed by atoms with Crippen LogP contribution in [-0.2, 0) is 6.42 Å². The molecule has 0 atom stereocenters. The number of carbonyl (C=O) groups excluding carboxylic acids is 2. The smallest absolute Gasteiger partial charge is 0.306 e. The van der Waals surface area contributed by atoms with Gasteiger partial charge in [0, 0.05) is 25.4 Å². The number of H-pyrrole nitrogens is 1. The summed E-state index contributed by atoms with van der Waals surface area (Å²) in [7, 11) is 3.43. The van der Waals surface area contributed by atoms with Crippen molar-refractivity contribution in [1.29, 1.82) is 0 Å². The Bertz CT molecular complexity index is 779. The number of nitrogens with one attached hydrogen (secondary N) is 3. The molecule has 2 aromatic rings. The summed E-state index contributed by atoms with van der Waals surface area (Å²) in [5.41, 5.74) is 6.50. The Morgan fingerprint density at radius 1 is 1.30 bits per heavy atom. The molecule has 0 radical (unpaired) electrons. The second kappa shape index (κ2) is 5.85. The van der Waals surface area contributed by atoms with E-state index in [2.05, 4.69) is 27.9 Å². The first-order chi connectivity index (χ1) is 11.0. The van der Waals surface area contributed by atoms with Crippen molar-refractivity contribution < 1.29 is 9.59 Å². The minimum atomic E-state index is -0.393. The van der Waals surface area contributed by atoms with Crippen molar-refractivity contribution in [2.24, 2.45) is 0 Å². The predicted octanol–water partition coefficient (Wildman–Crippen LogP) is 2.17. The van der Waals surface area contributed by atoms with Gasteiger partial charge in [-0.2, -0.15) is 5.10 Å². The third-order valence-electron chi connectivity index (χ3n) is 3.69. The highest BCUT2D eigenvalue weighted by Crippen LogP contribution is 2.40. The summed E-state index contributed by atoms with van der Waals surface area (Å²) in [4.78, 5) is 24.7. The van der Waals surface area contributed by atoms with Crippen LogP contribution in [0.15, 0.2) is 18.2 Å². The molecular formula is C16H19N5O2. The highest BCUT2D eigenvalue weighted by atomic mass is 16.2. The van der Waals surface area contributed by atoms with Gasteiger partial charge in [0.1, 0.15) is 5.69 Å². The van der Waals surface area contributed by atoms with Crippen LogP contribution in [0.4, 0.5) is 10.5 Å². The van der Waals surface area contributed by atoms with Crippen LogP contribution < -0.4 is 10.7 Å². The lowest BCUT2D eigenvalue weighted by molar-refractivity contribution is 0.104. The maximum absolute atomic E-state index is 12.8. The van der Waals surface area contributed by atoms with E-state index in [1.165, 1.54) is 5.01 Å². The van der Waals surface area contributed by atoms with Crippen LogP contribution in [-0.4, -0.2) is 41.1 Å². The molecule has 1 aromatic heterocycles. The first-order valence-electron chi connectivity index (χ1n) is 7.53. The van der Waals surface area contributed by atoms with Crippen molar-refractivity contribution in [3.8, 4) is 11.3 Å². The number of fused-ring (bicyclic) bond motifs is 3. The molecule has 0 saturated heterocycles. The number of anilines is 1. The summed E-state index contributed by atoms with van der Waals surface area (Å²) in [6.07, 6.45) is 1.69. The van der Waals surface area contributed by atoms with Crippen LogP contribution >= 0.6 is 0 Å². The maximum atomic E-state index is 12.8. The number of aromatic nitrogens is 2. The summed E-state index contributed by atoms with van der Waals surface area (Å²) in [5.74, 6) is -0.0899. The van der Waals surface area contributed by atoms with E-state index in [-0.39, 0.29) is 5.78 Å². The monoisotopic (exact) mass is 313 g/mol. The van der Waals surface area contributed by atoms with Gasteiger partial charge in [-0.05, 0) is 12.5 Å². The van der Waals surface area contributed by atoms with E-state index < -0.39 is 6.03 Å². The van der Waals surface area contributed by atoms with E-state index >= 15 is 0 Å². The van der Waals surface area contributed by atoms with Crippen molar-refractivity contribution in [3.63, 3.8) is 0 Å². The minimum Gasteiger partial charge on any atom is -0.306 e. The number of aromatic amines is 1. The van der Waals surface area contributed by atoms with Crippen LogP contribution in [0, 0.1) is 0 Å². The molecule has 1 heterocycles. The van der Waals surface area contributed by atoms with Gasteiger partial charge in [0.25, 0.3) is 0 Å². The van der Waals surface area contributed by atoms with Gasteiger partial charge >= 0.3 is 6.03 Å². The Morgan fingerprint density at radius 2 is 2.09 bits per heavy atom. The molecule has 3 rings (SSSR count). The van der Waals surface area contributed by atoms with Gasteiger partial charge < -0.3 is 5.32 Å². The Hall–Kier alpha value is -2.67. The van der Waals surface area contributed by atoms with E-state index in [0.717, 1.165) is 24.1 Å². The Morgan fingerprint density at radius 3 is 2.78 bits per heavy atom. The normalized spacial score (nSPS) is 12.3. The molecule has 0 unspecified atom stereocenters. The lowest BCUT2D eigenvalue weighted by Crippen LogP contribution is -2.39. The molecule has 1 aliphatic carbocycles. The Balaban J connectivity index is 1.98. The SMILES string of the molecule is CCCc1[nH]nc2c1C(=O)c1c(NC(=O)NN(C)C)cccc1-2. The number of hydrazine groups is 1. The van der Waals surface area contributed by atoms with Crippen molar-refractivity contribution in [3.05, 3.63) is 35.0 Å². The Kier molecular flexibility index (Phi) is 3.87. The number of ketones is 1. The lowest BCUT2D eigenvalue weighted by atomic mass is 10.1. The zero-order valence-electron chi connectivity index (χ0n) is 13.4. The molecule has 3 N–H and O–H groups in total. The van der Waals surface area contributed by atoms with Gasteiger partial charge in [-0.1, -0.05) is 25.5 Å². The predicted molar refractivity (Wildman–Crippen MR) is 87.3 cm³/mol. The largest absolute Gasteiger partial charge is 0.333 e. The molecule has 120 valence electrons. The Labute approximate surface area is 134 Å². The fourth-order valence-corrected chi connectivity index (χ4v) is 2.83. The first kappa shape index (κ1) is 15.2. The molecule has 1 aromatic carbocycles. The highest BCUT2D eigenvalue weighted by Gasteiger charge is 2.34. The number of carbonyl (C=O) groups is 2. The number of benzene rings is 1. The number of aryl methyl sites for hydroxylation is 1. The van der Waals surface area contributed by atoms with Crippen molar-refractivity contribution in [2.75, 3.05) is 19.4 Å². The molecule has 2 amide bonds. The van der Waals surface area contributed by atoms with Crippen LogP contribution in [0.2, 0.25) is 0 Å². The molecule has 0 spiro atoms. The number of hydrogen-bond donors (Lipinski definition) is 3. The van der Waals surface area contributed by atoms with E-state index in [1.54, 1.807) is 26.2 Å². The quantitative estimate of drug-likeness (QED) is 0.644. The van der Waals surface area contributed by atoms with Crippen LogP contribution in [0.1, 0.15) is 35.0 Å². The van der Waals surface area contributed by atoms with E-state index in [1.807, 2.05) is 6.07 Å². The summed E-state index contributed by atoms with van der Waals surface area (Å²) in [5, 5.41) is 11.5. The summed E-state index contributed by atoms with van der Waals surface area (Å²) >= 11 is 0. The van der Waals surface area contributed by atoms with E-state index in [4.69, 9.17) is 0 Å². The third-order valence-corrected chi connectivity index (χ3v) is 3.69. The number of nitrogens with zero attached hydrogens (tertiary/aromatic N) is 2. The number of amides is 2. The van der Waals surface area contributed by atoms with Gasteiger partial charge in [0.2, 0.25) is 0 Å². The average Bonchev–Trinajstić information content (AvgIpc) is 3.00. The molecule has 0 aliphatic heterocycles. The third kappa shape index (κ3) is 2.59. The zero-order chi connectivity index (χ0) is 16.6. The lowest BCUT2D eigenvalue weighted by Gasteiger charge is -2.14. The van der Waals surface area contributed by atoms with E-state index in [9.17, 15) is 9.59 Å². The van der Waals surface area contributed by atoms with Gasteiger partial charge in [-0.25, -0.2) is 9.80 Å². The first-order valence-corrected chi connectivity index (χ1v) is 7.53. The average molecular weight is 313 g/mol. The highest BCUT2D eigenvalue weighted by molar-refractivity contribution is 6.25. The minimum absolute atomic E-state index is 0.0899. The van der Waals surface area contributed by atoms with Gasteiger partial charge in [0.05, 0.1) is 16.8 Å². The molecule has 7 heteroatoms. The summed E-state index contributed by atoms with van der Waals surface area (Å²) < 4.78 is 0. The van der Waals surface area contributed by atoms with Crippen LogP contribution in [0.5, 0.6) is 0 Å². The van der Waals surface area contributed by atoms with Gasteiger partial charge in [-0.3, -0.25) is 15.3 Å². The fraction of sp³-hybridized carbons (Fsp3) is 0.312. The van der Waals surface area contributed by atoms with Crippen molar-refractivity contribution in [2.45, 2.75) is 19.8 Å². The van der Waals surface area contributed by atoms with Crippen molar-refractivity contribution >= 4 is 17.5 Å². The van der Waals surface area contributed by atoms with Crippen LogP contribution in [0.3, 0.4) is 0 Å².